The van der Waals surface area contributed by atoms with Crippen molar-refractivity contribution >= 4 is 64.4 Å². The minimum Gasteiger partial charge on any atom is -0.288 e. The van der Waals surface area contributed by atoms with Crippen LogP contribution < -0.4 is 10.9 Å². The first-order valence-corrected chi connectivity index (χ1v) is 9.11. The number of thiophene rings is 2. The van der Waals surface area contributed by atoms with Gasteiger partial charge in [0.05, 0.1) is 20.2 Å². The van der Waals surface area contributed by atoms with E-state index in [9.17, 15) is 27.2 Å². The molecule has 0 atom stereocenters. The monoisotopic (exact) mass is 394 g/mol. The summed E-state index contributed by atoms with van der Waals surface area (Å²) >= 11 is 1.01. The lowest BCUT2D eigenvalue weighted by molar-refractivity contribution is 0.537. The molecule has 26 heavy (non-hydrogen) atoms. The van der Waals surface area contributed by atoms with Crippen LogP contribution in [-0.2, 0) is 0 Å². The molecule has 0 N–H and O–H groups in total. The number of hydrogen-bond acceptors (Lipinski definition) is 4. The second kappa shape index (κ2) is 4.69. The summed E-state index contributed by atoms with van der Waals surface area (Å²) in [5.41, 5.74) is -0.645. The summed E-state index contributed by atoms with van der Waals surface area (Å²) in [6, 6.07) is 0. The molecule has 0 bridgehead atoms. The Kier molecular flexibility index (Phi) is 2.87. The fourth-order valence-electron chi connectivity index (χ4n) is 3.91. The number of benzene rings is 1. The van der Waals surface area contributed by atoms with E-state index < -0.39 is 32.8 Å². The Morgan fingerprint density at radius 1 is 0.577 bits per heavy atom. The van der Waals surface area contributed by atoms with Gasteiger partial charge in [-0.1, -0.05) is 0 Å². The molecule has 0 unspecified atom stereocenters. The molecular formula is C18H6F4O2S2. The summed E-state index contributed by atoms with van der Waals surface area (Å²) in [4.78, 5) is 25.5. The number of halogens is 4. The van der Waals surface area contributed by atoms with Crippen molar-refractivity contribution in [3.05, 3.63) is 53.5 Å². The molecule has 0 spiro atoms. The first-order chi connectivity index (χ1) is 12.3. The molecule has 2 heterocycles. The lowest BCUT2D eigenvalue weighted by Crippen LogP contribution is -2.02. The quantitative estimate of drug-likeness (QED) is 0.339. The van der Waals surface area contributed by atoms with E-state index in [4.69, 9.17) is 0 Å². The molecule has 0 radical (unpaired) electrons. The highest BCUT2D eigenvalue weighted by molar-refractivity contribution is 7.19. The lowest BCUT2D eigenvalue weighted by Gasteiger charge is -2.05. The van der Waals surface area contributed by atoms with Crippen molar-refractivity contribution < 1.29 is 17.6 Å². The molecular weight excluding hydrogens is 388 g/mol. The van der Waals surface area contributed by atoms with Crippen LogP contribution in [0, 0.1) is 35.7 Å². The highest BCUT2D eigenvalue weighted by atomic mass is 32.1. The standard InChI is InChI=1S/C18H6F4O2S2/c1-3-5-8(16-9(13(5)23)11(19)18(22)26-16)4(2)6-7(3)15-10(14(6)24)12(20)17(21)25-15/h1-2H3. The average Bonchev–Trinajstić information content (AvgIpc) is 3.23. The minimum atomic E-state index is -1.20. The normalized spacial score (nSPS) is 12.5. The third kappa shape index (κ3) is 1.54. The summed E-state index contributed by atoms with van der Waals surface area (Å²) < 4.78 is 55.7. The molecule has 3 aromatic carbocycles. The highest BCUT2D eigenvalue weighted by Gasteiger charge is 2.29. The zero-order valence-electron chi connectivity index (χ0n) is 13.1. The summed E-state index contributed by atoms with van der Waals surface area (Å²) in [5, 5.41) is -1.93. The van der Waals surface area contributed by atoms with E-state index in [-0.39, 0.29) is 30.9 Å². The van der Waals surface area contributed by atoms with Crippen LogP contribution in [0.25, 0.3) is 41.7 Å². The van der Waals surface area contributed by atoms with Gasteiger partial charge in [-0.15, -0.1) is 22.7 Å². The lowest BCUT2D eigenvalue weighted by atomic mass is 9.99. The van der Waals surface area contributed by atoms with E-state index in [0.29, 0.717) is 44.6 Å². The molecule has 2 aromatic heterocycles. The fourth-order valence-corrected chi connectivity index (χ4v) is 5.93. The van der Waals surface area contributed by atoms with Gasteiger partial charge in [-0.2, -0.15) is 8.78 Å². The van der Waals surface area contributed by atoms with Gasteiger partial charge >= 0.3 is 0 Å². The fraction of sp³-hybridized carbons (Fsp3) is 0.111. The predicted molar refractivity (Wildman–Crippen MR) is 96.4 cm³/mol. The molecule has 2 nitrogen and oxygen atoms in total. The van der Waals surface area contributed by atoms with Gasteiger partial charge in [0, 0.05) is 21.5 Å². The van der Waals surface area contributed by atoms with Gasteiger partial charge in [-0.05, 0) is 25.0 Å². The molecule has 8 heteroatoms. The van der Waals surface area contributed by atoms with Crippen LogP contribution in [0.5, 0.6) is 0 Å². The first kappa shape index (κ1) is 15.9. The second-order valence-electron chi connectivity index (χ2n) is 6.20. The maximum Gasteiger partial charge on any atom is 0.213 e. The van der Waals surface area contributed by atoms with Gasteiger partial charge < -0.3 is 0 Å². The molecule has 0 fully saturated rings. The van der Waals surface area contributed by atoms with E-state index in [2.05, 4.69) is 0 Å². The van der Waals surface area contributed by atoms with Crippen LogP contribution >= 0.6 is 22.7 Å². The van der Waals surface area contributed by atoms with Crippen molar-refractivity contribution in [3.8, 4) is 0 Å². The Hall–Kier alpha value is -2.32. The highest BCUT2D eigenvalue weighted by Crippen LogP contribution is 2.43. The third-order valence-electron chi connectivity index (χ3n) is 4.98. The number of rotatable bonds is 0. The zero-order chi connectivity index (χ0) is 18.7. The maximum absolute atomic E-state index is 14.1. The van der Waals surface area contributed by atoms with Crippen molar-refractivity contribution in [3.63, 3.8) is 0 Å². The van der Waals surface area contributed by atoms with E-state index >= 15 is 0 Å². The minimum absolute atomic E-state index is 0.137. The molecule has 0 aliphatic carbocycles. The molecule has 5 aromatic rings. The Balaban J connectivity index is 2.22. The van der Waals surface area contributed by atoms with Gasteiger partial charge in [0.1, 0.15) is 0 Å². The average molecular weight is 394 g/mol. The molecule has 0 saturated carbocycles. The van der Waals surface area contributed by atoms with E-state index in [1.165, 1.54) is 0 Å². The van der Waals surface area contributed by atoms with E-state index in [0.717, 1.165) is 0 Å². The Bertz CT molecular complexity index is 1410. The summed E-state index contributed by atoms with van der Waals surface area (Å²) in [6.07, 6.45) is 0. The first-order valence-electron chi connectivity index (χ1n) is 7.48. The molecule has 0 aliphatic heterocycles. The molecule has 5 rings (SSSR count). The van der Waals surface area contributed by atoms with Gasteiger partial charge in [0.25, 0.3) is 0 Å². The van der Waals surface area contributed by atoms with Crippen molar-refractivity contribution in [1.82, 2.24) is 0 Å². The van der Waals surface area contributed by atoms with Crippen LogP contribution in [0.2, 0.25) is 0 Å². The third-order valence-corrected chi connectivity index (χ3v) is 6.93. The van der Waals surface area contributed by atoms with Crippen LogP contribution in [0.15, 0.2) is 9.59 Å². The van der Waals surface area contributed by atoms with E-state index in [1.54, 1.807) is 13.8 Å². The van der Waals surface area contributed by atoms with Crippen molar-refractivity contribution in [2.75, 3.05) is 0 Å². The van der Waals surface area contributed by atoms with Crippen molar-refractivity contribution in [2.24, 2.45) is 0 Å². The van der Waals surface area contributed by atoms with E-state index in [1.807, 2.05) is 0 Å². The smallest absolute Gasteiger partial charge is 0.213 e. The number of fused-ring (bicyclic) bond motifs is 6. The SMILES string of the molecule is Cc1c2c(=O)c3c(F)c(F)sc3c2c(C)c2c(=O)c3c(F)c(F)sc3c12. The van der Waals surface area contributed by atoms with Gasteiger partial charge in [0.2, 0.25) is 10.3 Å². The van der Waals surface area contributed by atoms with Crippen molar-refractivity contribution in [2.45, 2.75) is 13.8 Å². The Morgan fingerprint density at radius 2 is 0.923 bits per heavy atom. The van der Waals surface area contributed by atoms with Crippen molar-refractivity contribution in [1.29, 1.82) is 0 Å². The summed E-state index contributed by atoms with van der Waals surface area (Å²) in [6.45, 7) is 3.11. The van der Waals surface area contributed by atoms with Gasteiger partial charge in [-0.25, -0.2) is 8.78 Å². The topological polar surface area (TPSA) is 34.1 Å². The zero-order valence-corrected chi connectivity index (χ0v) is 14.8. The Morgan fingerprint density at radius 3 is 1.27 bits per heavy atom. The van der Waals surface area contributed by atoms with Gasteiger partial charge in [-0.3, -0.25) is 9.59 Å². The number of hydrogen-bond donors (Lipinski definition) is 0. The number of aryl methyl sites for hydroxylation is 2. The maximum atomic E-state index is 14.1. The Labute approximate surface area is 149 Å². The second-order valence-corrected chi connectivity index (χ2v) is 8.14. The molecule has 0 saturated heterocycles. The molecule has 0 aliphatic rings. The van der Waals surface area contributed by atoms with Crippen LogP contribution in [0.1, 0.15) is 11.1 Å². The molecule has 130 valence electrons. The van der Waals surface area contributed by atoms with Gasteiger partial charge in [0.15, 0.2) is 22.5 Å². The van der Waals surface area contributed by atoms with Crippen LogP contribution in [0.3, 0.4) is 0 Å². The summed E-state index contributed by atoms with van der Waals surface area (Å²) in [7, 11) is 0. The largest absolute Gasteiger partial charge is 0.288 e. The molecule has 0 amide bonds. The van der Waals surface area contributed by atoms with Crippen LogP contribution in [-0.4, -0.2) is 0 Å². The van der Waals surface area contributed by atoms with Crippen LogP contribution in [0.4, 0.5) is 17.6 Å². The predicted octanol–water partition coefficient (Wildman–Crippen LogP) is 5.19. The summed E-state index contributed by atoms with van der Waals surface area (Å²) in [5.74, 6) is -2.41.